The summed E-state index contributed by atoms with van der Waals surface area (Å²) in [5.41, 5.74) is 3.79. The van der Waals surface area contributed by atoms with Crippen LogP contribution in [0.15, 0.2) is 18.2 Å². The van der Waals surface area contributed by atoms with Gasteiger partial charge < -0.3 is 5.32 Å². The highest BCUT2D eigenvalue weighted by molar-refractivity contribution is 7.89. The van der Waals surface area contributed by atoms with Crippen molar-refractivity contribution >= 4 is 10.0 Å². The first kappa shape index (κ1) is 14.2. The zero-order valence-corrected chi connectivity index (χ0v) is 11.2. The summed E-state index contributed by atoms with van der Waals surface area (Å²) in [7, 11) is -3.33. The van der Waals surface area contributed by atoms with E-state index in [1.165, 1.54) is 16.7 Å². The van der Waals surface area contributed by atoms with E-state index < -0.39 is 10.0 Å². The van der Waals surface area contributed by atoms with Crippen LogP contribution in [0.3, 0.4) is 0 Å². The zero-order chi connectivity index (χ0) is 12.9. The van der Waals surface area contributed by atoms with E-state index in [1.54, 1.807) is 0 Å². The summed E-state index contributed by atoms with van der Waals surface area (Å²) in [6, 6.07) is 6.19. The number of hydrogen-bond donors (Lipinski definition) is 2. The van der Waals surface area contributed by atoms with Crippen LogP contribution >= 0.6 is 0 Å². The molecule has 0 amide bonds. The predicted molar refractivity (Wildman–Crippen MR) is 70.2 cm³/mol. The molecule has 0 unspecified atom stereocenters. The number of hydrogen-bond acceptors (Lipinski definition) is 3. The Balaban J connectivity index is 2.37. The molecule has 0 aliphatic rings. The molecule has 0 saturated carbocycles. The molecular weight excluding hydrogens is 236 g/mol. The molecule has 0 saturated heterocycles. The van der Waals surface area contributed by atoms with Crippen LogP contribution in [0.2, 0.25) is 0 Å². The van der Waals surface area contributed by atoms with Gasteiger partial charge in [0.1, 0.15) is 0 Å². The van der Waals surface area contributed by atoms with Crippen molar-refractivity contribution in [2.45, 2.75) is 26.8 Å². The van der Waals surface area contributed by atoms with Gasteiger partial charge in [0.25, 0.3) is 0 Å². The van der Waals surface area contributed by atoms with E-state index in [2.05, 4.69) is 31.3 Å². The normalized spacial score (nSPS) is 11.7. The largest absolute Gasteiger partial charge is 0.313 e. The highest BCUT2D eigenvalue weighted by Crippen LogP contribution is 2.12. The minimum atomic E-state index is -3.33. The van der Waals surface area contributed by atoms with Gasteiger partial charge in [-0.25, -0.2) is 13.6 Å². The highest BCUT2D eigenvalue weighted by Gasteiger charge is 2.03. The van der Waals surface area contributed by atoms with Gasteiger partial charge in [0, 0.05) is 6.54 Å². The van der Waals surface area contributed by atoms with Gasteiger partial charge in [-0.1, -0.05) is 18.2 Å². The van der Waals surface area contributed by atoms with Crippen molar-refractivity contribution in [2.24, 2.45) is 5.14 Å². The summed E-state index contributed by atoms with van der Waals surface area (Å²) in [4.78, 5) is 0. The van der Waals surface area contributed by atoms with Crippen molar-refractivity contribution in [3.05, 3.63) is 34.9 Å². The van der Waals surface area contributed by atoms with Gasteiger partial charge in [-0.3, -0.25) is 0 Å². The van der Waals surface area contributed by atoms with E-state index >= 15 is 0 Å². The molecule has 0 spiro atoms. The summed E-state index contributed by atoms with van der Waals surface area (Å²) in [5, 5.41) is 8.16. The van der Waals surface area contributed by atoms with E-state index in [4.69, 9.17) is 5.14 Å². The molecule has 0 aromatic heterocycles. The average Bonchev–Trinajstić information content (AvgIpc) is 2.20. The summed E-state index contributed by atoms with van der Waals surface area (Å²) in [5.74, 6) is 0.0345. The summed E-state index contributed by atoms with van der Waals surface area (Å²) >= 11 is 0. The number of benzene rings is 1. The van der Waals surface area contributed by atoms with Crippen molar-refractivity contribution < 1.29 is 8.42 Å². The van der Waals surface area contributed by atoms with Gasteiger partial charge in [0.05, 0.1) is 5.75 Å². The minimum absolute atomic E-state index is 0.0345. The van der Waals surface area contributed by atoms with Crippen LogP contribution in [0, 0.1) is 13.8 Å². The van der Waals surface area contributed by atoms with E-state index in [-0.39, 0.29) is 5.75 Å². The molecule has 0 heterocycles. The molecule has 0 bridgehead atoms. The third kappa shape index (κ3) is 5.30. The number of rotatable bonds is 6. The Hall–Kier alpha value is -0.910. The highest BCUT2D eigenvalue weighted by atomic mass is 32.2. The molecule has 0 aliphatic carbocycles. The Kier molecular flexibility index (Phi) is 5.11. The van der Waals surface area contributed by atoms with Crippen LogP contribution < -0.4 is 10.5 Å². The predicted octanol–water partition coefficient (Wildman–Crippen LogP) is 1.07. The quantitative estimate of drug-likeness (QED) is 0.748. The Morgan fingerprint density at radius 3 is 2.35 bits per heavy atom. The molecule has 1 rings (SSSR count). The molecule has 4 nitrogen and oxygen atoms in total. The lowest BCUT2D eigenvalue weighted by molar-refractivity contribution is 0.590. The third-order valence-electron chi connectivity index (χ3n) is 2.73. The number of aryl methyl sites for hydroxylation is 2. The van der Waals surface area contributed by atoms with Crippen LogP contribution in [0.5, 0.6) is 0 Å². The number of primary sulfonamides is 1. The number of nitrogens with one attached hydrogen (secondary N) is 1. The summed E-state index contributed by atoms with van der Waals surface area (Å²) < 4.78 is 21.4. The van der Waals surface area contributed by atoms with E-state index in [9.17, 15) is 8.42 Å². The first-order valence-corrected chi connectivity index (χ1v) is 7.38. The Morgan fingerprint density at radius 1 is 1.24 bits per heavy atom. The van der Waals surface area contributed by atoms with Crippen molar-refractivity contribution in [2.75, 3.05) is 12.3 Å². The van der Waals surface area contributed by atoms with Gasteiger partial charge in [0.2, 0.25) is 10.0 Å². The molecule has 1 aromatic rings. The molecule has 0 aliphatic heterocycles. The van der Waals surface area contributed by atoms with Crippen molar-refractivity contribution in [3.8, 4) is 0 Å². The fraction of sp³-hybridized carbons (Fsp3) is 0.500. The molecule has 17 heavy (non-hydrogen) atoms. The monoisotopic (exact) mass is 256 g/mol. The lowest BCUT2D eigenvalue weighted by Gasteiger charge is -2.10. The fourth-order valence-corrected chi connectivity index (χ4v) is 2.29. The fourth-order valence-electron chi connectivity index (χ4n) is 1.74. The van der Waals surface area contributed by atoms with Gasteiger partial charge in [0.15, 0.2) is 0 Å². The molecule has 0 atom stereocenters. The minimum Gasteiger partial charge on any atom is -0.313 e. The standard InChI is InChI=1S/C12H20N2O2S/c1-10-5-3-6-11(2)12(10)9-14-7-4-8-17(13,15)16/h3,5-6,14H,4,7-9H2,1-2H3,(H2,13,15,16). The number of nitrogens with two attached hydrogens (primary N) is 1. The Labute approximate surface area is 103 Å². The molecule has 0 fully saturated rings. The van der Waals surface area contributed by atoms with E-state index in [0.29, 0.717) is 13.0 Å². The maximum Gasteiger partial charge on any atom is 0.209 e. The summed E-state index contributed by atoms with van der Waals surface area (Å²) in [6.45, 7) is 5.58. The van der Waals surface area contributed by atoms with Crippen LogP contribution in [-0.4, -0.2) is 20.7 Å². The number of sulfonamides is 1. The average molecular weight is 256 g/mol. The lowest BCUT2D eigenvalue weighted by Crippen LogP contribution is -2.22. The Morgan fingerprint density at radius 2 is 1.82 bits per heavy atom. The van der Waals surface area contributed by atoms with Crippen LogP contribution in [0.1, 0.15) is 23.1 Å². The first-order chi connectivity index (χ1) is 7.90. The van der Waals surface area contributed by atoms with Crippen molar-refractivity contribution in [1.82, 2.24) is 5.32 Å². The van der Waals surface area contributed by atoms with Gasteiger partial charge >= 0.3 is 0 Å². The summed E-state index contributed by atoms with van der Waals surface area (Å²) in [6.07, 6.45) is 0.545. The van der Waals surface area contributed by atoms with E-state index in [1.807, 2.05) is 6.07 Å². The van der Waals surface area contributed by atoms with Crippen LogP contribution in [-0.2, 0) is 16.6 Å². The first-order valence-electron chi connectivity index (χ1n) is 5.66. The molecule has 1 aromatic carbocycles. The molecule has 0 radical (unpaired) electrons. The second-order valence-electron chi connectivity index (χ2n) is 4.27. The second-order valence-corrected chi connectivity index (χ2v) is 6.00. The molecule has 96 valence electrons. The maximum absolute atomic E-state index is 10.7. The zero-order valence-electron chi connectivity index (χ0n) is 10.4. The van der Waals surface area contributed by atoms with Gasteiger partial charge in [-0.15, -0.1) is 0 Å². The van der Waals surface area contributed by atoms with Crippen molar-refractivity contribution in [1.29, 1.82) is 0 Å². The molecule has 5 heteroatoms. The SMILES string of the molecule is Cc1cccc(C)c1CNCCCS(N)(=O)=O. The van der Waals surface area contributed by atoms with Crippen LogP contribution in [0.25, 0.3) is 0 Å². The van der Waals surface area contributed by atoms with Crippen molar-refractivity contribution in [3.63, 3.8) is 0 Å². The topological polar surface area (TPSA) is 72.2 Å². The van der Waals surface area contributed by atoms with Gasteiger partial charge in [-0.05, 0) is 43.5 Å². The lowest BCUT2D eigenvalue weighted by atomic mass is 10.0. The Bertz CT molecular complexity index is 449. The molecular formula is C12H20N2O2S. The van der Waals surface area contributed by atoms with Crippen LogP contribution in [0.4, 0.5) is 0 Å². The molecule has 3 N–H and O–H groups in total. The maximum atomic E-state index is 10.7. The van der Waals surface area contributed by atoms with E-state index in [0.717, 1.165) is 6.54 Å². The smallest absolute Gasteiger partial charge is 0.209 e. The van der Waals surface area contributed by atoms with Gasteiger partial charge in [-0.2, -0.15) is 0 Å². The third-order valence-corrected chi connectivity index (χ3v) is 3.59. The second kappa shape index (κ2) is 6.14.